The molecule has 0 unspecified atom stereocenters. The van der Waals surface area contributed by atoms with Crippen LogP contribution in [0.25, 0.3) is 11.4 Å². The van der Waals surface area contributed by atoms with Crippen LogP contribution in [0.15, 0.2) is 66.7 Å². The summed E-state index contributed by atoms with van der Waals surface area (Å²) in [7, 11) is 0. The van der Waals surface area contributed by atoms with Crippen LogP contribution in [0.5, 0.6) is 0 Å². The van der Waals surface area contributed by atoms with E-state index in [4.69, 9.17) is 16.3 Å². The van der Waals surface area contributed by atoms with Crippen molar-refractivity contribution < 1.29 is 18.7 Å². The monoisotopic (exact) mass is 466 g/mol. The summed E-state index contributed by atoms with van der Waals surface area (Å²) in [6, 6.07) is 17.4. The first kappa shape index (κ1) is 21.9. The van der Waals surface area contributed by atoms with Gasteiger partial charge in [-0.3, -0.25) is 10.1 Å². The van der Waals surface area contributed by atoms with Crippen molar-refractivity contribution in [3.63, 3.8) is 0 Å². The zero-order chi connectivity index (χ0) is 23.2. The molecule has 0 spiro atoms. The molecule has 0 saturated heterocycles. The first-order valence-electron chi connectivity index (χ1n) is 9.61. The van der Waals surface area contributed by atoms with Crippen LogP contribution in [0, 0.1) is 5.82 Å². The molecule has 166 valence electrons. The molecule has 2 amide bonds. The number of nitrogens with zero attached hydrogens (tertiary/aromatic N) is 3. The highest BCUT2D eigenvalue weighted by Gasteiger charge is 2.15. The third-order valence-electron chi connectivity index (χ3n) is 4.44. The molecular weight excluding hydrogens is 451 g/mol. The van der Waals surface area contributed by atoms with E-state index >= 15 is 0 Å². The number of aromatic nitrogens is 4. The van der Waals surface area contributed by atoms with E-state index in [2.05, 4.69) is 31.3 Å². The number of ether oxygens (including phenoxy) is 1. The molecule has 0 saturated carbocycles. The van der Waals surface area contributed by atoms with Gasteiger partial charge in [0.05, 0.1) is 5.69 Å². The number of aromatic amines is 1. The Labute approximate surface area is 191 Å². The van der Waals surface area contributed by atoms with Gasteiger partial charge in [-0.15, -0.1) is 10.2 Å². The predicted octanol–water partition coefficient (Wildman–Crippen LogP) is 4.66. The molecule has 0 radical (unpaired) electrons. The van der Waals surface area contributed by atoms with Gasteiger partial charge < -0.3 is 10.1 Å². The number of carbonyl (C=O) groups is 2. The average Bonchev–Trinajstić information content (AvgIpc) is 3.34. The van der Waals surface area contributed by atoms with Gasteiger partial charge in [-0.25, -0.2) is 9.18 Å². The predicted molar refractivity (Wildman–Crippen MR) is 119 cm³/mol. The zero-order valence-corrected chi connectivity index (χ0v) is 17.6. The highest BCUT2D eigenvalue weighted by molar-refractivity contribution is 6.31. The van der Waals surface area contributed by atoms with E-state index in [-0.39, 0.29) is 34.4 Å². The van der Waals surface area contributed by atoms with Crippen LogP contribution in [-0.2, 0) is 11.3 Å². The van der Waals surface area contributed by atoms with Crippen LogP contribution >= 0.6 is 11.6 Å². The highest BCUT2D eigenvalue weighted by Crippen LogP contribution is 2.24. The number of rotatable bonds is 6. The minimum atomic E-state index is -0.716. The standard InChI is InChI=1S/C22H16ClFN6O3/c23-16-8-15(9-17(11-16)25-22(32)33-12-13-4-2-1-3-5-13)21(31)26-19-10-14(6-7-18(19)24)20-27-29-30-28-20/h1-11H,12H2,(H,25,32)(H,26,31)(H,27,28,29,30). The van der Waals surface area contributed by atoms with Crippen molar-refractivity contribution >= 4 is 35.0 Å². The van der Waals surface area contributed by atoms with Gasteiger partial charge in [-0.1, -0.05) is 41.9 Å². The number of tetrazole rings is 1. The van der Waals surface area contributed by atoms with Crippen molar-refractivity contribution in [3.05, 3.63) is 88.7 Å². The van der Waals surface area contributed by atoms with Gasteiger partial charge in [0.25, 0.3) is 5.91 Å². The number of hydrogen-bond acceptors (Lipinski definition) is 6. The molecule has 0 aliphatic carbocycles. The van der Waals surface area contributed by atoms with E-state index in [1.165, 1.54) is 36.4 Å². The normalized spacial score (nSPS) is 10.5. The van der Waals surface area contributed by atoms with E-state index in [0.29, 0.717) is 5.56 Å². The fraction of sp³-hybridized carbons (Fsp3) is 0.0455. The highest BCUT2D eigenvalue weighted by atomic mass is 35.5. The van der Waals surface area contributed by atoms with Gasteiger partial charge in [0.1, 0.15) is 12.4 Å². The molecule has 1 heterocycles. The lowest BCUT2D eigenvalue weighted by Crippen LogP contribution is -2.16. The van der Waals surface area contributed by atoms with E-state index in [1.54, 1.807) is 0 Å². The molecule has 4 rings (SSSR count). The SMILES string of the molecule is O=C(Nc1cc(Cl)cc(C(=O)Nc2cc(-c3nn[nH]n3)ccc2F)c1)OCc1ccccc1. The van der Waals surface area contributed by atoms with Gasteiger partial charge in [-0.2, -0.15) is 5.21 Å². The second kappa shape index (κ2) is 9.88. The molecule has 0 atom stereocenters. The maximum atomic E-state index is 14.3. The third-order valence-corrected chi connectivity index (χ3v) is 4.66. The fourth-order valence-electron chi connectivity index (χ4n) is 2.91. The van der Waals surface area contributed by atoms with E-state index in [1.807, 2.05) is 30.3 Å². The van der Waals surface area contributed by atoms with Crippen LogP contribution < -0.4 is 10.6 Å². The molecule has 9 nitrogen and oxygen atoms in total. The molecule has 0 aliphatic heterocycles. The number of anilines is 2. The summed E-state index contributed by atoms with van der Waals surface area (Å²) in [5, 5.41) is 18.6. The molecule has 0 bridgehead atoms. The number of nitrogens with one attached hydrogen (secondary N) is 3. The maximum absolute atomic E-state index is 14.3. The number of amides is 2. The molecule has 4 aromatic rings. The molecule has 1 aromatic heterocycles. The third kappa shape index (κ3) is 5.69. The van der Waals surface area contributed by atoms with Crippen molar-refractivity contribution in [1.82, 2.24) is 20.6 Å². The minimum absolute atomic E-state index is 0.0799. The average molecular weight is 467 g/mol. The number of H-pyrrole nitrogens is 1. The van der Waals surface area contributed by atoms with Gasteiger partial charge in [0.15, 0.2) is 0 Å². The van der Waals surface area contributed by atoms with Crippen LogP contribution in [0.2, 0.25) is 5.02 Å². The van der Waals surface area contributed by atoms with Crippen molar-refractivity contribution in [3.8, 4) is 11.4 Å². The lowest BCUT2D eigenvalue weighted by Gasteiger charge is -2.11. The topological polar surface area (TPSA) is 122 Å². The maximum Gasteiger partial charge on any atom is 0.411 e. The summed E-state index contributed by atoms with van der Waals surface area (Å²) in [6.07, 6.45) is -0.716. The van der Waals surface area contributed by atoms with E-state index in [9.17, 15) is 14.0 Å². The Kier molecular flexibility index (Phi) is 6.56. The van der Waals surface area contributed by atoms with Crippen molar-refractivity contribution in [2.75, 3.05) is 10.6 Å². The molecule has 3 N–H and O–H groups in total. The van der Waals surface area contributed by atoms with Crippen molar-refractivity contribution in [2.45, 2.75) is 6.61 Å². The molecule has 0 fully saturated rings. The fourth-order valence-corrected chi connectivity index (χ4v) is 3.14. The van der Waals surface area contributed by atoms with Gasteiger partial charge in [0, 0.05) is 21.8 Å². The summed E-state index contributed by atoms with van der Waals surface area (Å²) >= 11 is 6.10. The Bertz CT molecular complexity index is 1280. The lowest BCUT2D eigenvalue weighted by molar-refractivity contribution is 0.102. The molecular formula is C22H16ClFN6O3. The van der Waals surface area contributed by atoms with Gasteiger partial charge in [-0.05, 0) is 47.2 Å². The molecule has 3 aromatic carbocycles. The Hall–Kier alpha value is -4.31. The Morgan fingerprint density at radius 2 is 1.85 bits per heavy atom. The minimum Gasteiger partial charge on any atom is -0.444 e. The number of halogens is 2. The van der Waals surface area contributed by atoms with Gasteiger partial charge in [0.2, 0.25) is 5.82 Å². The van der Waals surface area contributed by atoms with Crippen molar-refractivity contribution in [2.24, 2.45) is 0 Å². The summed E-state index contributed by atoms with van der Waals surface area (Å²) in [5.41, 5.74) is 1.54. The molecule has 11 heteroatoms. The summed E-state index contributed by atoms with van der Waals surface area (Å²) in [4.78, 5) is 24.9. The van der Waals surface area contributed by atoms with Crippen LogP contribution in [0.3, 0.4) is 0 Å². The first-order chi connectivity index (χ1) is 16.0. The largest absolute Gasteiger partial charge is 0.444 e. The zero-order valence-electron chi connectivity index (χ0n) is 16.9. The lowest BCUT2D eigenvalue weighted by atomic mass is 10.1. The number of carbonyl (C=O) groups excluding carboxylic acids is 2. The quantitative estimate of drug-likeness (QED) is 0.380. The second-order valence-electron chi connectivity index (χ2n) is 6.80. The first-order valence-corrected chi connectivity index (χ1v) is 9.99. The Balaban J connectivity index is 1.45. The van der Waals surface area contributed by atoms with E-state index in [0.717, 1.165) is 5.56 Å². The van der Waals surface area contributed by atoms with E-state index < -0.39 is 17.8 Å². The summed E-state index contributed by atoms with van der Waals surface area (Å²) < 4.78 is 19.4. The summed E-state index contributed by atoms with van der Waals surface area (Å²) in [6.45, 7) is 0.0799. The van der Waals surface area contributed by atoms with Crippen molar-refractivity contribution in [1.29, 1.82) is 0 Å². The Morgan fingerprint density at radius 1 is 1.03 bits per heavy atom. The number of hydrogen-bond donors (Lipinski definition) is 3. The van der Waals surface area contributed by atoms with Crippen LogP contribution in [0.1, 0.15) is 15.9 Å². The number of benzene rings is 3. The molecule has 0 aliphatic rings. The van der Waals surface area contributed by atoms with Gasteiger partial charge >= 0.3 is 6.09 Å². The van der Waals surface area contributed by atoms with Crippen LogP contribution in [-0.4, -0.2) is 32.6 Å². The molecule has 33 heavy (non-hydrogen) atoms. The summed E-state index contributed by atoms with van der Waals surface area (Å²) in [5.74, 6) is -1.04. The smallest absolute Gasteiger partial charge is 0.411 e. The van der Waals surface area contributed by atoms with Crippen LogP contribution in [0.4, 0.5) is 20.6 Å². The second-order valence-corrected chi connectivity index (χ2v) is 7.24. The Morgan fingerprint density at radius 3 is 2.61 bits per heavy atom.